The van der Waals surface area contributed by atoms with Crippen molar-refractivity contribution in [2.45, 2.75) is 85.1 Å². The molecule has 2 saturated heterocycles. The molecule has 2 aliphatic heterocycles. The fourth-order valence-corrected chi connectivity index (χ4v) is 9.99. The van der Waals surface area contributed by atoms with Gasteiger partial charge in [0.2, 0.25) is 21.9 Å². The second kappa shape index (κ2) is 25.4. The van der Waals surface area contributed by atoms with Crippen molar-refractivity contribution >= 4 is 53.7 Å². The van der Waals surface area contributed by atoms with Gasteiger partial charge in [-0.2, -0.15) is 39.4 Å². The topological polar surface area (TPSA) is 169 Å². The normalized spacial score (nSPS) is 17.9. The number of halogens is 14. The van der Waals surface area contributed by atoms with Crippen molar-refractivity contribution < 1.29 is 79.1 Å². The Morgan fingerprint density at radius 3 is 1.46 bits per heavy atom. The van der Waals surface area contributed by atoms with E-state index in [1.807, 2.05) is 0 Å². The van der Waals surface area contributed by atoms with Crippen molar-refractivity contribution in [2.75, 3.05) is 13.1 Å². The number of carbonyl (C=O) groups excluding carboxylic acids is 2. The minimum atomic E-state index is -4.64. The maximum Gasteiger partial charge on any atom is 0.433 e. The second-order valence-corrected chi connectivity index (χ2v) is 21.2. The van der Waals surface area contributed by atoms with Gasteiger partial charge in [0.15, 0.2) is 5.78 Å². The predicted octanol–water partition coefficient (Wildman–Crippen LogP) is 10.4. The predicted molar refractivity (Wildman–Crippen MR) is 253 cm³/mol. The molecule has 76 heavy (non-hydrogen) atoms. The molecule has 4 aromatic heterocycles. The molecule has 0 amide bonds. The van der Waals surface area contributed by atoms with E-state index in [9.17, 15) is 79.1 Å². The van der Waals surface area contributed by atoms with Gasteiger partial charge in [-0.15, -0.1) is 12.4 Å². The highest BCUT2D eigenvalue weighted by molar-refractivity contribution is 8.13. The van der Waals surface area contributed by atoms with E-state index in [2.05, 4.69) is 25.3 Å². The van der Waals surface area contributed by atoms with Gasteiger partial charge in [-0.05, 0) is 121 Å². The van der Waals surface area contributed by atoms with E-state index >= 15 is 0 Å². The lowest BCUT2D eigenvalue weighted by atomic mass is 10.0. The van der Waals surface area contributed by atoms with Crippen molar-refractivity contribution in [2.24, 2.45) is 0 Å². The molecule has 12 nitrogen and oxygen atoms in total. The van der Waals surface area contributed by atoms with E-state index in [-0.39, 0.29) is 101 Å². The number of pyridine rings is 4. The van der Waals surface area contributed by atoms with Crippen molar-refractivity contribution in [3.63, 3.8) is 0 Å². The van der Waals surface area contributed by atoms with Gasteiger partial charge in [-0.25, -0.2) is 44.4 Å². The van der Waals surface area contributed by atoms with E-state index in [4.69, 9.17) is 10.7 Å². The first kappa shape index (κ1) is 60.8. The van der Waals surface area contributed by atoms with Gasteiger partial charge in [-0.1, -0.05) is 0 Å². The summed E-state index contributed by atoms with van der Waals surface area (Å²) in [5.41, 5.74) is -0.958. The fraction of sp³-hybridized carbons (Fsp3) is 0.292. The number of nitrogens with zero attached hydrogens (tertiary/aromatic N) is 5. The van der Waals surface area contributed by atoms with Crippen molar-refractivity contribution in [1.82, 2.24) is 29.6 Å². The molecule has 4 atom stereocenters. The molecule has 2 fully saturated rings. The van der Waals surface area contributed by atoms with Crippen LogP contribution in [0.15, 0.2) is 119 Å². The molecule has 0 radical (unpaired) electrons. The molecule has 8 rings (SSSR count). The number of alkyl halides is 8. The molecule has 2 aromatic carbocycles. The van der Waals surface area contributed by atoms with Crippen LogP contribution in [0.2, 0.25) is 0 Å². The van der Waals surface area contributed by atoms with E-state index in [0.29, 0.717) is 5.56 Å². The van der Waals surface area contributed by atoms with Gasteiger partial charge in [0.05, 0.1) is 33.3 Å². The summed E-state index contributed by atoms with van der Waals surface area (Å²) in [4.78, 5) is 38.6. The summed E-state index contributed by atoms with van der Waals surface area (Å²) in [5.74, 6) is -3.66. The Morgan fingerprint density at radius 1 is 0.618 bits per heavy atom. The van der Waals surface area contributed by atoms with E-state index in [1.165, 1.54) is 12.1 Å². The third-order valence-corrected chi connectivity index (χ3v) is 14.5. The van der Waals surface area contributed by atoms with Crippen LogP contribution in [0, 0.1) is 23.5 Å². The van der Waals surface area contributed by atoms with Crippen LogP contribution in [0.25, 0.3) is 22.5 Å². The number of rotatable bonds is 13. The van der Waals surface area contributed by atoms with E-state index in [0.717, 1.165) is 102 Å². The Labute approximate surface area is 436 Å². The maximum atomic E-state index is 14.2. The zero-order chi connectivity index (χ0) is 55.0. The Morgan fingerprint density at radius 2 is 1.07 bits per heavy atom. The summed E-state index contributed by atoms with van der Waals surface area (Å²) >= 11 is 0. The molecule has 0 bridgehead atoms. The highest BCUT2D eigenvalue weighted by atomic mass is 35.7. The van der Waals surface area contributed by atoms with Crippen molar-refractivity contribution in [3.8, 4) is 22.5 Å². The zero-order valence-corrected chi connectivity index (χ0v) is 41.9. The number of nitrogens with one attached hydrogen (secondary N) is 1. The third-order valence-electron chi connectivity index (χ3n) is 11.3. The maximum absolute atomic E-state index is 14.2. The lowest BCUT2D eigenvalue weighted by Gasteiger charge is -2.22. The highest BCUT2D eigenvalue weighted by Gasteiger charge is 2.44. The SMILES string of the molecule is Cl.O=C(CCc1cc(F)nc(-c2ccc(C(F)(F)F)nc2)c1)[C@@H]1C[C@@H](F)CN1.O=C(CCc1cc(F)nc(-c2ccc(C(F)(F)F)nc2)c1)[C@@H]1C[C@@H](F)CN1S(=O)(=O)c1ccc(F)cc1.O=S(=O)(Cl)c1ccc(F)cc1. The molecule has 6 heterocycles. The van der Waals surface area contributed by atoms with Crippen LogP contribution in [-0.4, -0.2) is 90.2 Å². The summed E-state index contributed by atoms with van der Waals surface area (Å²) in [5, 5.41) is 2.80. The number of benzene rings is 2. The number of Topliss-reactive ketones (excluding diaryl/α,β-unsaturated/α-hetero) is 2. The largest absolute Gasteiger partial charge is 0.433 e. The molecule has 0 unspecified atom stereocenters. The number of ketones is 2. The summed E-state index contributed by atoms with van der Waals surface area (Å²) < 4.78 is 205. The zero-order valence-electron chi connectivity index (χ0n) is 38.7. The Balaban J connectivity index is 0.000000238. The molecule has 408 valence electrons. The fourth-order valence-electron chi connectivity index (χ4n) is 7.58. The lowest BCUT2D eigenvalue weighted by Crippen LogP contribution is -2.40. The monoisotopic (exact) mass is 1160 g/mol. The van der Waals surface area contributed by atoms with E-state index in [1.54, 1.807) is 0 Å². The molecule has 0 saturated carbocycles. The van der Waals surface area contributed by atoms with Gasteiger partial charge in [0.1, 0.15) is 41.1 Å². The van der Waals surface area contributed by atoms with Crippen LogP contribution < -0.4 is 5.32 Å². The van der Waals surface area contributed by atoms with Gasteiger partial charge < -0.3 is 5.32 Å². The Hall–Kier alpha value is -6.06. The quantitative estimate of drug-likeness (QED) is 0.0663. The minimum absolute atomic E-state index is 0. The van der Waals surface area contributed by atoms with E-state index < -0.39 is 103 Å². The van der Waals surface area contributed by atoms with Gasteiger partial charge in [-0.3, -0.25) is 19.6 Å². The van der Waals surface area contributed by atoms with Crippen molar-refractivity contribution in [3.05, 3.63) is 156 Å². The van der Waals surface area contributed by atoms with Crippen LogP contribution >= 0.6 is 23.1 Å². The Bertz CT molecular complexity index is 3200. The van der Waals surface area contributed by atoms with Crippen LogP contribution in [0.4, 0.5) is 52.7 Å². The molecule has 6 aromatic rings. The number of aryl methyl sites for hydroxylation is 2. The molecular formula is C48H40Cl2F12N6O6S2. The average molecular weight is 1160 g/mol. The lowest BCUT2D eigenvalue weighted by molar-refractivity contribution is -0.141. The third kappa shape index (κ3) is 16.7. The average Bonchev–Trinajstić information content (AvgIpc) is 3.98. The molecular weight excluding hydrogens is 1120 g/mol. The first-order valence-corrected chi connectivity index (χ1v) is 25.8. The smallest absolute Gasteiger partial charge is 0.304 e. The van der Waals surface area contributed by atoms with Crippen LogP contribution in [0.1, 0.15) is 48.2 Å². The summed E-state index contributed by atoms with van der Waals surface area (Å²) in [6.45, 7) is -0.392. The van der Waals surface area contributed by atoms with Crippen molar-refractivity contribution in [1.29, 1.82) is 0 Å². The van der Waals surface area contributed by atoms with Crippen LogP contribution in [-0.2, 0) is 53.9 Å². The van der Waals surface area contributed by atoms with Gasteiger partial charge >= 0.3 is 12.4 Å². The van der Waals surface area contributed by atoms with Gasteiger partial charge in [0, 0.05) is 73.0 Å². The number of hydrogen-bond acceptors (Lipinski definition) is 11. The molecule has 1 N–H and O–H groups in total. The summed E-state index contributed by atoms with van der Waals surface area (Å²) in [6, 6.07) is 15.2. The standard InChI is InChI=1S/C24H19F6N3O3S.C18H16F5N3O.C6H4ClFO2S.ClH/c25-16-3-5-18(6-4-16)37(35,36)33-13-17(26)11-20(33)21(34)7-1-14-9-19(32-23(27)10-14)15-2-8-22(31-12-15)24(28,29)30;19-12-7-14(24-9-12)15(27)3-1-10-5-13(26-17(20)6-10)11-2-4-16(25-8-11)18(21,22)23;7-11(9,10)6-3-1-5(8)2-4-6;/h2-6,8-10,12,17,20H,1,7,11,13H2;2,4-6,8,12,14,24H,1,3,7,9H2;1-4H;1H/t17-,20+;12-,14+;;/m11../s1. The second-order valence-electron chi connectivity index (χ2n) is 16.7. The Kier molecular flexibility index (Phi) is 20.3. The van der Waals surface area contributed by atoms with Crippen LogP contribution in [0.5, 0.6) is 0 Å². The minimum Gasteiger partial charge on any atom is -0.304 e. The number of sulfonamides is 1. The summed E-state index contributed by atoms with van der Waals surface area (Å²) in [7, 11) is -3.03. The number of carbonyl (C=O) groups is 2. The molecule has 28 heteroatoms. The van der Waals surface area contributed by atoms with Crippen LogP contribution in [0.3, 0.4) is 0 Å². The number of aromatic nitrogens is 4. The first-order chi connectivity index (χ1) is 35.1. The molecule has 0 spiro atoms. The summed E-state index contributed by atoms with van der Waals surface area (Å²) in [6.07, 6.45) is -10.2. The first-order valence-electron chi connectivity index (χ1n) is 22.0. The molecule has 2 aliphatic rings. The molecule has 0 aliphatic carbocycles. The number of hydrogen-bond donors (Lipinski definition) is 1. The van der Waals surface area contributed by atoms with Gasteiger partial charge in [0.25, 0.3) is 9.05 Å². The highest BCUT2D eigenvalue weighted by Crippen LogP contribution is 2.32.